The summed E-state index contributed by atoms with van der Waals surface area (Å²) in [4.78, 5) is 15.7. The maximum Gasteiger partial charge on any atom is 0.303 e. The van der Waals surface area contributed by atoms with Crippen LogP contribution in [0.5, 0.6) is 5.75 Å². The zero-order chi connectivity index (χ0) is 16.9. The lowest BCUT2D eigenvalue weighted by Crippen LogP contribution is -1.99. The zero-order valence-electron chi connectivity index (χ0n) is 13.9. The monoisotopic (exact) mass is 357 g/mol. The number of fused-ring (bicyclic) bond motifs is 1. The molecule has 0 saturated heterocycles. The van der Waals surface area contributed by atoms with Crippen LogP contribution < -0.4 is 4.74 Å². The van der Waals surface area contributed by atoms with Crippen molar-refractivity contribution in [3.63, 3.8) is 0 Å². The molecule has 25 heavy (non-hydrogen) atoms. The lowest BCUT2D eigenvalue weighted by Gasteiger charge is -2.10. The van der Waals surface area contributed by atoms with Crippen molar-refractivity contribution in [3.05, 3.63) is 60.2 Å². The molecule has 0 unspecified atom stereocenters. The average Bonchev–Trinajstić information content (AvgIpc) is 2.60. The molecule has 0 radical (unpaired) electrons. The molecule has 1 heterocycles. The third kappa shape index (κ3) is 4.48. The number of hydrogen-bond donors (Lipinski definition) is 1. The molecule has 0 aliphatic carbocycles. The highest BCUT2D eigenvalue weighted by Crippen LogP contribution is 2.27. The van der Waals surface area contributed by atoms with Crippen LogP contribution in [-0.2, 0) is 11.2 Å². The summed E-state index contributed by atoms with van der Waals surface area (Å²) in [6.45, 7) is 2.56. The molecule has 0 fully saturated rings. The predicted octanol–water partition coefficient (Wildman–Crippen LogP) is 4.74. The zero-order valence-corrected chi connectivity index (χ0v) is 14.8. The number of ether oxygens (including phenoxy) is 1. The quantitative estimate of drug-likeness (QED) is 0.692. The van der Waals surface area contributed by atoms with Crippen LogP contribution in [-0.4, -0.2) is 22.7 Å². The van der Waals surface area contributed by atoms with Gasteiger partial charge in [0.15, 0.2) is 0 Å². The first-order valence-corrected chi connectivity index (χ1v) is 8.01. The van der Waals surface area contributed by atoms with Crippen molar-refractivity contribution >= 4 is 29.3 Å². The molecular weight excluding hydrogens is 338 g/mol. The highest BCUT2D eigenvalue weighted by molar-refractivity contribution is 5.86. The number of aromatic nitrogens is 1. The number of pyridine rings is 1. The second kappa shape index (κ2) is 8.49. The molecule has 0 amide bonds. The fraction of sp³-hybridized carbons (Fsp3) is 0.200. The van der Waals surface area contributed by atoms with Gasteiger partial charge >= 0.3 is 5.97 Å². The van der Waals surface area contributed by atoms with Crippen molar-refractivity contribution in [2.45, 2.75) is 19.8 Å². The number of halogens is 1. The van der Waals surface area contributed by atoms with Gasteiger partial charge in [-0.25, -0.2) is 4.98 Å². The van der Waals surface area contributed by atoms with E-state index in [1.165, 1.54) is 0 Å². The maximum absolute atomic E-state index is 10.9. The Morgan fingerprint density at radius 3 is 2.68 bits per heavy atom. The normalized spacial score (nSPS) is 10.3. The van der Waals surface area contributed by atoms with Gasteiger partial charge in [-0.05, 0) is 43.2 Å². The summed E-state index contributed by atoms with van der Waals surface area (Å²) >= 11 is 0. The number of carbonyl (C=O) groups is 1. The molecule has 130 valence electrons. The van der Waals surface area contributed by atoms with Crippen molar-refractivity contribution < 1.29 is 14.6 Å². The van der Waals surface area contributed by atoms with E-state index in [2.05, 4.69) is 0 Å². The molecule has 0 aliphatic rings. The van der Waals surface area contributed by atoms with Crippen molar-refractivity contribution in [2.75, 3.05) is 6.61 Å². The summed E-state index contributed by atoms with van der Waals surface area (Å²) in [5.41, 5.74) is 3.66. The van der Waals surface area contributed by atoms with Crippen LogP contribution in [0.1, 0.15) is 18.9 Å². The van der Waals surface area contributed by atoms with Gasteiger partial charge in [0, 0.05) is 17.4 Å². The SMILES string of the molecule is CCOc1cccc(-c2cc(CCC(=O)O)c3ccccc3n2)c1.Cl. The van der Waals surface area contributed by atoms with E-state index in [1.807, 2.05) is 61.5 Å². The van der Waals surface area contributed by atoms with Crippen LogP contribution in [0.4, 0.5) is 0 Å². The summed E-state index contributed by atoms with van der Waals surface area (Å²) in [7, 11) is 0. The van der Waals surface area contributed by atoms with Gasteiger partial charge in [-0.2, -0.15) is 0 Å². The summed E-state index contributed by atoms with van der Waals surface area (Å²) in [6.07, 6.45) is 0.586. The van der Waals surface area contributed by atoms with E-state index in [0.29, 0.717) is 13.0 Å². The molecule has 0 bridgehead atoms. The Morgan fingerprint density at radius 2 is 1.92 bits per heavy atom. The van der Waals surface area contributed by atoms with Gasteiger partial charge in [0.05, 0.1) is 17.8 Å². The lowest BCUT2D eigenvalue weighted by atomic mass is 10.0. The Labute approximate surface area is 152 Å². The van der Waals surface area contributed by atoms with Gasteiger partial charge in [-0.3, -0.25) is 4.79 Å². The van der Waals surface area contributed by atoms with Gasteiger partial charge in [-0.15, -0.1) is 12.4 Å². The smallest absolute Gasteiger partial charge is 0.303 e. The highest BCUT2D eigenvalue weighted by atomic mass is 35.5. The molecule has 1 N–H and O–H groups in total. The first-order valence-electron chi connectivity index (χ1n) is 8.01. The number of aliphatic carboxylic acids is 1. The van der Waals surface area contributed by atoms with E-state index in [4.69, 9.17) is 14.8 Å². The maximum atomic E-state index is 10.9. The van der Waals surface area contributed by atoms with Gasteiger partial charge in [0.1, 0.15) is 5.75 Å². The van der Waals surface area contributed by atoms with E-state index in [1.54, 1.807) is 0 Å². The van der Waals surface area contributed by atoms with Crippen LogP contribution in [0.3, 0.4) is 0 Å². The Balaban J connectivity index is 0.00000225. The summed E-state index contributed by atoms with van der Waals surface area (Å²) < 4.78 is 5.56. The second-order valence-electron chi connectivity index (χ2n) is 5.54. The molecule has 3 aromatic rings. The molecule has 5 heteroatoms. The third-order valence-electron chi connectivity index (χ3n) is 3.85. The van der Waals surface area contributed by atoms with Crippen molar-refractivity contribution in [2.24, 2.45) is 0 Å². The standard InChI is InChI=1S/C20H19NO3.ClH/c1-2-24-16-7-5-6-15(12-16)19-13-14(10-11-20(22)23)17-8-3-4-9-18(17)21-19;/h3-9,12-13H,2,10-11H2,1H3,(H,22,23);1H. The highest BCUT2D eigenvalue weighted by Gasteiger charge is 2.09. The summed E-state index contributed by atoms with van der Waals surface area (Å²) in [6, 6.07) is 17.6. The Bertz CT molecular complexity index is 880. The van der Waals surface area contributed by atoms with E-state index >= 15 is 0 Å². The number of benzene rings is 2. The largest absolute Gasteiger partial charge is 0.494 e. The van der Waals surface area contributed by atoms with Crippen molar-refractivity contribution in [3.8, 4) is 17.0 Å². The van der Waals surface area contributed by atoms with E-state index < -0.39 is 5.97 Å². The van der Waals surface area contributed by atoms with Crippen LogP contribution in [0.25, 0.3) is 22.2 Å². The predicted molar refractivity (Wildman–Crippen MR) is 102 cm³/mol. The second-order valence-corrected chi connectivity index (χ2v) is 5.54. The number of carboxylic acids is 1. The van der Waals surface area contributed by atoms with Crippen LogP contribution in [0.2, 0.25) is 0 Å². The van der Waals surface area contributed by atoms with Crippen molar-refractivity contribution in [1.82, 2.24) is 4.98 Å². The molecule has 0 atom stereocenters. The molecule has 0 saturated carbocycles. The van der Waals surface area contributed by atoms with Gasteiger partial charge < -0.3 is 9.84 Å². The minimum atomic E-state index is -0.796. The molecule has 1 aromatic heterocycles. The van der Waals surface area contributed by atoms with Crippen molar-refractivity contribution in [1.29, 1.82) is 0 Å². The minimum Gasteiger partial charge on any atom is -0.494 e. The summed E-state index contributed by atoms with van der Waals surface area (Å²) in [5, 5.41) is 10.00. The number of carboxylic acid groups (broad SMARTS) is 1. The van der Waals surface area contributed by atoms with Crippen LogP contribution in [0, 0.1) is 0 Å². The number of para-hydroxylation sites is 1. The van der Waals surface area contributed by atoms with Crippen LogP contribution >= 0.6 is 12.4 Å². The fourth-order valence-corrected chi connectivity index (χ4v) is 2.76. The molecule has 2 aromatic carbocycles. The van der Waals surface area contributed by atoms with E-state index in [0.717, 1.165) is 33.5 Å². The van der Waals surface area contributed by atoms with Crippen LogP contribution in [0.15, 0.2) is 54.6 Å². The first-order chi connectivity index (χ1) is 11.7. The summed E-state index contributed by atoms with van der Waals surface area (Å²) in [5.74, 6) is 0.00725. The first kappa shape index (κ1) is 18.7. The average molecular weight is 358 g/mol. The molecule has 3 rings (SSSR count). The minimum absolute atomic E-state index is 0. The van der Waals surface area contributed by atoms with E-state index in [9.17, 15) is 4.79 Å². The molecule has 4 nitrogen and oxygen atoms in total. The third-order valence-corrected chi connectivity index (χ3v) is 3.85. The molecule has 0 spiro atoms. The Morgan fingerprint density at radius 1 is 1.12 bits per heavy atom. The number of aryl methyl sites for hydroxylation is 1. The van der Waals surface area contributed by atoms with Gasteiger partial charge in [0.2, 0.25) is 0 Å². The number of rotatable bonds is 6. The molecular formula is C20H20ClNO3. The molecule has 0 aliphatic heterocycles. The topological polar surface area (TPSA) is 59.4 Å². The van der Waals surface area contributed by atoms with E-state index in [-0.39, 0.29) is 18.8 Å². The number of nitrogens with zero attached hydrogens (tertiary/aromatic N) is 1. The number of hydrogen-bond acceptors (Lipinski definition) is 3. The van der Waals surface area contributed by atoms with Gasteiger partial charge in [0.25, 0.3) is 0 Å². The Hall–Kier alpha value is -2.59. The van der Waals surface area contributed by atoms with Gasteiger partial charge in [-0.1, -0.05) is 30.3 Å². The Kier molecular flexibility index (Phi) is 6.37. The lowest BCUT2D eigenvalue weighted by molar-refractivity contribution is -0.136. The fourth-order valence-electron chi connectivity index (χ4n) is 2.76.